The van der Waals surface area contributed by atoms with Gasteiger partial charge < -0.3 is 9.73 Å². The number of oxazole rings is 1. The van der Waals surface area contributed by atoms with E-state index in [1.165, 1.54) is 28.8 Å². The summed E-state index contributed by atoms with van der Waals surface area (Å²) in [4.78, 5) is 24.2. The van der Waals surface area contributed by atoms with Crippen LogP contribution in [0.25, 0.3) is 11.1 Å². The van der Waals surface area contributed by atoms with Crippen LogP contribution >= 0.6 is 0 Å². The first kappa shape index (κ1) is 19.8. The van der Waals surface area contributed by atoms with Gasteiger partial charge in [0.25, 0.3) is 0 Å². The molecule has 2 N–H and O–H groups in total. The van der Waals surface area contributed by atoms with Gasteiger partial charge >= 0.3 is 5.76 Å². The van der Waals surface area contributed by atoms with E-state index in [1.807, 2.05) is 0 Å². The number of anilines is 1. The van der Waals surface area contributed by atoms with Crippen LogP contribution in [0.1, 0.15) is 20.3 Å². The van der Waals surface area contributed by atoms with Crippen molar-refractivity contribution in [2.24, 2.45) is 0 Å². The van der Waals surface area contributed by atoms with E-state index in [-0.39, 0.29) is 29.8 Å². The topological polar surface area (TPSA) is 110 Å². The van der Waals surface area contributed by atoms with E-state index in [9.17, 15) is 18.0 Å². The molecule has 0 spiro atoms. The SMILES string of the molecule is CC(C)NS(=O)(=O)c1ccc(NC(=O)CCn2c(=O)oc3ccccc32)cc1. The molecule has 0 bridgehead atoms. The minimum Gasteiger partial charge on any atom is -0.408 e. The van der Waals surface area contributed by atoms with Crippen molar-refractivity contribution >= 4 is 32.7 Å². The van der Waals surface area contributed by atoms with Crippen LogP contribution in [0.5, 0.6) is 0 Å². The number of nitrogens with one attached hydrogen (secondary N) is 2. The number of rotatable bonds is 7. The highest BCUT2D eigenvalue weighted by atomic mass is 32.2. The largest absolute Gasteiger partial charge is 0.419 e. The zero-order valence-electron chi connectivity index (χ0n) is 15.5. The molecule has 8 nitrogen and oxygen atoms in total. The Morgan fingerprint density at radius 2 is 1.79 bits per heavy atom. The normalized spacial score (nSPS) is 11.8. The number of hydrogen-bond donors (Lipinski definition) is 2. The Kier molecular flexibility index (Phi) is 5.66. The predicted molar refractivity (Wildman–Crippen MR) is 106 cm³/mol. The lowest BCUT2D eigenvalue weighted by Crippen LogP contribution is -2.30. The molecule has 0 unspecified atom stereocenters. The maximum absolute atomic E-state index is 12.2. The Balaban J connectivity index is 1.63. The maximum Gasteiger partial charge on any atom is 0.419 e. The third kappa shape index (κ3) is 4.49. The minimum atomic E-state index is -3.58. The summed E-state index contributed by atoms with van der Waals surface area (Å²) < 4.78 is 33.3. The van der Waals surface area contributed by atoms with E-state index >= 15 is 0 Å². The molecular formula is C19H21N3O5S. The minimum absolute atomic E-state index is 0.0678. The lowest BCUT2D eigenvalue weighted by atomic mass is 10.3. The molecule has 0 fully saturated rings. The van der Waals surface area contributed by atoms with Crippen LogP contribution in [-0.2, 0) is 21.4 Å². The summed E-state index contributed by atoms with van der Waals surface area (Å²) in [6, 6.07) is 12.7. The van der Waals surface area contributed by atoms with E-state index in [4.69, 9.17) is 4.42 Å². The Hall–Kier alpha value is -2.91. The summed E-state index contributed by atoms with van der Waals surface area (Å²) in [5.41, 5.74) is 1.57. The first-order valence-corrected chi connectivity index (χ1v) is 10.3. The monoisotopic (exact) mass is 403 g/mol. The average molecular weight is 403 g/mol. The smallest absolute Gasteiger partial charge is 0.408 e. The predicted octanol–water partition coefficient (Wildman–Crippen LogP) is 2.31. The molecule has 1 amide bonds. The highest BCUT2D eigenvalue weighted by molar-refractivity contribution is 7.89. The fourth-order valence-electron chi connectivity index (χ4n) is 2.76. The summed E-state index contributed by atoms with van der Waals surface area (Å²) in [6.07, 6.45) is 0.0678. The van der Waals surface area contributed by atoms with E-state index in [1.54, 1.807) is 38.1 Å². The van der Waals surface area contributed by atoms with E-state index < -0.39 is 15.8 Å². The molecule has 9 heteroatoms. The van der Waals surface area contributed by atoms with Gasteiger partial charge in [0.15, 0.2) is 5.58 Å². The first-order valence-electron chi connectivity index (χ1n) is 8.77. The quantitative estimate of drug-likeness (QED) is 0.629. The van der Waals surface area contributed by atoms with E-state index in [0.29, 0.717) is 16.8 Å². The van der Waals surface area contributed by atoms with Crippen LogP contribution in [0.15, 0.2) is 62.6 Å². The fraction of sp³-hybridized carbons (Fsp3) is 0.263. The highest BCUT2D eigenvalue weighted by Crippen LogP contribution is 2.15. The molecule has 0 aliphatic heterocycles. The Bertz CT molecular complexity index is 1140. The zero-order valence-corrected chi connectivity index (χ0v) is 16.3. The van der Waals surface area contributed by atoms with Gasteiger partial charge in [-0.05, 0) is 50.2 Å². The molecule has 0 saturated carbocycles. The number of para-hydroxylation sites is 2. The van der Waals surface area contributed by atoms with E-state index in [0.717, 1.165) is 0 Å². The molecule has 0 aliphatic carbocycles. The van der Waals surface area contributed by atoms with E-state index in [2.05, 4.69) is 10.0 Å². The second kappa shape index (κ2) is 7.99. The lowest BCUT2D eigenvalue weighted by Gasteiger charge is -2.10. The van der Waals surface area contributed by atoms with Crippen molar-refractivity contribution in [2.75, 3.05) is 5.32 Å². The second-order valence-electron chi connectivity index (χ2n) is 6.59. The number of carbonyl (C=O) groups excluding carboxylic acids is 1. The van der Waals surface area contributed by atoms with Gasteiger partial charge in [-0.3, -0.25) is 9.36 Å². The molecule has 2 aromatic carbocycles. The van der Waals surface area contributed by atoms with Gasteiger partial charge in [-0.25, -0.2) is 17.9 Å². The Morgan fingerprint density at radius 3 is 2.46 bits per heavy atom. The standard InChI is InChI=1S/C19H21N3O5S/c1-13(2)21-28(25,26)15-9-7-14(8-10-15)20-18(23)11-12-22-16-5-3-4-6-17(16)27-19(22)24/h3-10,13,21H,11-12H2,1-2H3,(H,20,23). The third-order valence-electron chi connectivity index (χ3n) is 3.98. The summed E-state index contributed by atoms with van der Waals surface area (Å²) in [6.45, 7) is 3.65. The van der Waals surface area contributed by atoms with Crippen LogP contribution in [-0.4, -0.2) is 24.9 Å². The molecule has 148 valence electrons. The van der Waals surface area contributed by atoms with Crippen molar-refractivity contribution in [3.8, 4) is 0 Å². The summed E-state index contributed by atoms with van der Waals surface area (Å²) in [5.74, 6) is -0.811. The number of carbonyl (C=O) groups is 1. The Labute approximate surface area is 162 Å². The number of sulfonamides is 1. The molecule has 1 aromatic heterocycles. The fourth-order valence-corrected chi connectivity index (χ4v) is 4.01. The lowest BCUT2D eigenvalue weighted by molar-refractivity contribution is -0.116. The van der Waals surface area contributed by atoms with Crippen molar-refractivity contribution in [1.29, 1.82) is 0 Å². The van der Waals surface area contributed by atoms with Gasteiger partial charge in [-0.2, -0.15) is 0 Å². The van der Waals surface area contributed by atoms with Crippen LogP contribution < -0.4 is 15.8 Å². The van der Waals surface area contributed by atoms with Crippen molar-refractivity contribution in [1.82, 2.24) is 9.29 Å². The molecule has 28 heavy (non-hydrogen) atoms. The summed E-state index contributed by atoms with van der Waals surface area (Å²) in [5, 5.41) is 2.69. The maximum atomic E-state index is 12.2. The van der Waals surface area contributed by atoms with Crippen LogP contribution in [0.2, 0.25) is 0 Å². The van der Waals surface area contributed by atoms with Crippen molar-refractivity contribution in [2.45, 2.75) is 37.8 Å². The molecule has 1 heterocycles. The van der Waals surface area contributed by atoms with Gasteiger partial charge in [-0.1, -0.05) is 12.1 Å². The number of amides is 1. The summed E-state index contributed by atoms with van der Waals surface area (Å²) >= 11 is 0. The molecular weight excluding hydrogens is 382 g/mol. The highest BCUT2D eigenvalue weighted by Gasteiger charge is 2.15. The summed E-state index contributed by atoms with van der Waals surface area (Å²) in [7, 11) is -3.58. The molecule has 3 rings (SSSR count). The second-order valence-corrected chi connectivity index (χ2v) is 8.30. The van der Waals surface area contributed by atoms with Gasteiger partial charge in [-0.15, -0.1) is 0 Å². The average Bonchev–Trinajstić information content (AvgIpc) is 2.94. The molecule has 0 saturated heterocycles. The number of aryl methyl sites for hydroxylation is 1. The third-order valence-corrected chi connectivity index (χ3v) is 5.65. The van der Waals surface area contributed by atoms with Gasteiger partial charge in [0, 0.05) is 24.7 Å². The van der Waals surface area contributed by atoms with Gasteiger partial charge in [0.2, 0.25) is 15.9 Å². The van der Waals surface area contributed by atoms with Crippen molar-refractivity contribution in [3.63, 3.8) is 0 Å². The van der Waals surface area contributed by atoms with Crippen molar-refractivity contribution in [3.05, 3.63) is 59.1 Å². The molecule has 0 radical (unpaired) electrons. The van der Waals surface area contributed by atoms with Crippen LogP contribution in [0.4, 0.5) is 5.69 Å². The van der Waals surface area contributed by atoms with Gasteiger partial charge in [0.1, 0.15) is 0 Å². The van der Waals surface area contributed by atoms with Gasteiger partial charge in [0.05, 0.1) is 10.4 Å². The number of hydrogen-bond acceptors (Lipinski definition) is 5. The number of nitrogens with zero attached hydrogens (tertiary/aromatic N) is 1. The Morgan fingerprint density at radius 1 is 1.11 bits per heavy atom. The molecule has 0 atom stereocenters. The number of benzene rings is 2. The molecule has 0 aliphatic rings. The first-order chi connectivity index (χ1) is 13.3. The molecule has 3 aromatic rings. The van der Waals surface area contributed by atoms with Crippen LogP contribution in [0.3, 0.4) is 0 Å². The zero-order chi connectivity index (χ0) is 20.3. The number of aromatic nitrogens is 1. The van der Waals surface area contributed by atoms with Crippen molar-refractivity contribution < 1.29 is 17.6 Å². The van der Waals surface area contributed by atoms with Crippen LogP contribution in [0, 0.1) is 0 Å². The number of fused-ring (bicyclic) bond motifs is 1.